The number of pyridine rings is 1. The highest BCUT2D eigenvalue weighted by atomic mass is 19.1. The minimum absolute atomic E-state index is 0.106. The summed E-state index contributed by atoms with van der Waals surface area (Å²) in [6.07, 6.45) is 1.64. The number of fused-ring (bicyclic) bond motifs is 1. The topological polar surface area (TPSA) is 37.3 Å². The van der Waals surface area contributed by atoms with Crippen LogP contribution in [0.5, 0.6) is 0 Å². The Kier molecular flexibility index (Phi) is 4.30. The highest BCUT2D eigenvalue weighted by Crippen LogP contribution is 2.28. The van der Waals surface area contributed by atoms with Crippen molar-refractivity contribution in [3.05, 3.63) is 76.1 Å². The summed E-state index contributed by atoms with van der Waals surface area (Å²) in [5.74, 6) is -0.715. The SMILES string of the molecule is CN1CCNCC1c1cc2c(cc1F)c(=O)ccn2-c1ccc(F)cc1. The second kappa shape index (κ2) is 6.63. The van der Waals surface area contributed by atoms with Crippen molar-refractivity contribution in [2.45, 2.75) is 6.04 Å². The normalized spacial score (nSPS) is 18.3. The molecule has 0 amide bonds. The molecular weight excluding hydrogens is 336 g/mol. The quantitative estimate of drug-likeness (QED) is 0.768. The average Bonchev–Trinajstić information content (AvgIpc) is 2.64. The molecule has 26 heavy (non-hydrogen) atoms. The molecule has 1 aliphatic rings. The Morgan fingerprint density at radius 3 is 2.62 bits per heavy atom. The van der Waals surface area contributed by atoms with Crippen LogP contribution < -0.4 is 10.7 Å². The lowest BCUT2D eigenvalue weighted by atomic mass is 10.0. The van der Waals surface area contributed by atoms with E-state index in [4.69, 9.17) is 0 Å². The van der Waals surface area contributed by atoms with E-state index < -0.39 is 0 Å². The fourth-order valence-electron chi connectivity index (χ4n) is 3.52. The molecule has 0 spiro atoms. The summed E-state index contributed by atoms with van der Waals surface area (Å²) in [4.78, 5) is 14.4. The molecule has 0 aliphatic carbocycles. The molecule has 4 nitrogen and oxygen atoms in total. The van der Waals surface area contributed by atoms with Crippen molar-refractivity contribution in [1.82, 2.24) is 14.8 Å². The van der Waals surface area contributed by atoms with Gasteiger partial charge in [-0.2, -0.15) is 0 Å². The molecule has 1 N–H and O–H groups in total. The lowest BCUT2D eigenvalue weighted by Crippen LogP contribution is -2.44. The van der Waals surface area contributed by atoms with Crippen molar-refractivity contribution in [2.24, 2.45) is 0 Å². The van der Waals surface area contributed by atoms with E-state index in [0.717, 1.165) is 13.1 Å². The molecule has 4 rings (SSSR count). The van der Waals surface area contributed by atoms with Crippen LogP contribution in [0.4, 0.5) is 8.78 Å². The van der Waals surface area contributed by atoms with E-state index in [1.165, 1.54) is 24.3 Å². The molecule has 1 unspecified atom stereocenters. The zero-order valence-electron chi connectivity index (χ0n) is 14.4. The van der Waals surface area contributed by atoms with Gasteiger partial charge < -0.3 is 9.88 Å². The van der Waals surface area contributed by atoms with Crippen LogP contribution in [-0.4, -0.2) is 36.1 Å². The minimum Gasteiger partial charge on any atom is -0.316 e. The standard InChI is InChI=1S/C20H19F2N3O/c1-24-9-7-23-12-19(24)15-11-18-16(10-17(15)22)20(26)6-8-25(18)14-4-2-13(21)3-5-14/h2-6,8,10-11,19,23H,7,9,12H2,1H3. The van der Waals surface area contributed by atoms with Crippen molar-refractivity contribution in [3.63, 3.8) is 0 Å². The van der Waals surface area contributed by atoms with Crippen molar-refractivity contribution >= 4 is 10.9 Å². The molecule has 134 valence electrons. The van der Waals surface area contributed by atoms with Crippen LogP contribution in [0.25, 0.3) is 16.6 Å². The Morgan fingerprint density at radius 2 is 1.88 bits per heavy atom. The van der Waals surface area contributed by atoms with E-state index in [-0.39, 0.29) is 23.1 Å². The molecular formula is C20H19F2N3O. The number of nitrogens with zero attached hydrogens (tertiary/aromatic N) is 2. The molecule has 1 aromatic heterocycles. The molecule has 1 saturated heterocycles. The number of nitrogens with one attached hydrogen (secondary N) is 1. The number of piperazine rings is 1. The van der Waals surface area contributed by atoms with Gasteiger partial charge in [0.15, 0.2) is 5.43 Å². The van der Waals surface area contributed by atoms with Gasteiger partial charge in [0.2, 0.25) is 0 Å². The molecule has 2 aromatic carbocycles. The number of rotatable bonds is 2. The van der Waals surface area contributed by atoms with Gasteiger partial charge >= 0.3 is 0 Å². The number of halogens is 2. The van der Waals surface area contributed by atoms with Gasteiger partial charge in [-0.05, 0) is 43.4 Å². The summed E-state index contributed by atoms with van der Waals surface area (Å²) in [6.45, 7) is 2.33. The number of likely N-dealkylation sites (N-methyl/N-ethyl adjacent to an activating group) is 1. The predicted octanol–water partition coefficient (Wildman–Crippen LogP) is 2.85. The van der Waals surface area contributed by atoms with Gasteiger partial charge in [0.25, 0.3) is 0 Å². The Hall–Kier alpha value is -2.57. The number of benzene rings is 2. The molecule has 6 heteroatoms. The van der Waals surface area contributed by atoms with E-state index in [2.05, 4.69) is 10.2 Å². The number of aromatic nitrogens is 1. The first kappa shape index (κ1) is 16.9. The van der Waals surface area contributed by atoms with Gasteiger partial charge in [0.1, 0.15) is 11.6 Å². The summed E-state index contributed by atoms with van der Waals surface area (Å²) in [6, 6.07) is 10.3. The largest absolute Gasteiger partial charge is 0.316 e. The second-order valence-electron chi connectivity index (χ2n) is 6.62. The molecule has 0 saturated carbocycles. The third-order valence-corrected chi connectivity index (χ3v) is 4.99. The van der Waals surface area contributed by atoms with E-state index in [1.54, 1.807) is 29.0 Å². The summed E-state index contributed by atoms with van der Waals surface area (Å²) in [5, 5.41) is 3.59. The summed E-state index contributed by atoms with van der Waals surface area (Å²) >= 11 is 0. The summed E-state index contributed by atoms with van der Waals surface area (Å²) in [5.41, 5.74) is 1.64. The zero-order chi connectivity index (χ0) is 18.3. The Morgan fingerprint density at radius 1 is 1.12 bits per heavy atom. The van der Waals surface area contributed by atoms with Crippen LogP contribution in [0.3, 0.4) is 0 Å². The van der Waals surface area contributed by atoms with Crippen LogP contribution in [0.15, 0.2) is 53.5 Å². The van der Waals surface area contributed by atoms with E-state index in [0.29, 0.717) is 28.7 Å². The van der Waals surface area contributed by atoms with E-state index in [1.807, 2.05) is 7.05 Å². The third-order valence-electron chi connectivity index (χ3n) is 4.99. The van der Waals surface area contributed by atoms with Crippen LogP contribution in [0, 0.1) is 11.6 Å². The first-order chi connectivity index (χ1) is 12.5. The number of hydrogen-bond acceptors (Lipinski definition) is 3. The Balaban J connectivity index is 1.93. The fraction of sp³-hybridized carbons (Fsp3) is 0.250. The number of hydrogen-bond donors (Lipinski definition) is 1. The molecule has 1 atom stereocenters. The first-order valence-electron chi connectivity index (χ1n) is 8.56. The van der Waals surface area contributed by atoms with Crippen LogP contribution in [-0.2, 0) is 0 Å². The third kappa shape index (κ3) is 2.91. The monoisotopic (exact) mass is 355 g/mol. The molecule has 1 fully saturated rings. The van der Waals surface area contributed by atoms with Gasteiger partial charge in [-0.1, -0.05) is 0 Å². The second-order valence-corrected chi connectivity index (χ2v) is 6.62. The maximum absolute atomic E-state index is 14.8. The minimum atomic E-state index is -0.382. The van der Waals surface area contributed by atoms with Crippen molar-refractivity contribution < 1.29 is 8.78 Å². The van der Waals surface area contributed by atoms with Gasteiger partial charge in [-0.15, -0.1) is 0 Å². The van der Waals surface area contributed by atoms with Crippen molar-refractivity contribution in [1.29, 1.82) is 0 Å². The maximum atomic E-state index is 14.8. The maximum Gasteiger partial charge on any atom is 0.189 e. The first-order valence-corrected chi connectivity index (χ1v) is 8.56. The highest BCUT2D eigenvalue weighted by molar-refractivity contribution is 5.81. The predicted molar refractivity (Wildman–Crippen MR) is 97.7 cm³/mol. The lowest BCUT2D eigenvalue weighted by Gasteiger charge is -2.33. The lowest BCUT2D eigenvalue weighted by molar-refractivity contribution is 0.198. The average molecular weight is 355 g/mol. The van der Waals surface area contributed by atoms with Crippen LogP contribution in [0.2, 0.25) is 0 Å². The van der Waals surface area contributed by atoms with Gasteiger partial charge in [-0.3, -0.25) is 9.69 Å². The fourth-order valence-corrected chi connectivity index (χ4v) is 3.52. The van der Waals surface area contributed by atoms with Gasteiger partial charge in [0.05, 0.1) is 5.52 Å². The Labute approximate surface area is 149 Å². The van der Waals surface area contributed by atoms with Gasteiger partial charge in [-0.25, -0.2) is 8.78 Å². The molecule has 3 aromatic rings. The summed E-state index contributed by atoms with van der Waals surface area (Å²) < 4.78 is 29.8. The zero-order valence-corrected chi connectivity index (χ0v) is 14.4. The van der Waals surface area contributed by atoms with E-state index in [9.17, 15) is 13.6 Å². The van der Waals surface area contributed by atoms with E-state index >= 15 is 0 Å². The molecule has 0 bridgehead atoms. The Bertz CT molecular complexity index is 1010. The van der Waals surface area contributed by atoms with Crippen molar-refractivity contribution in [3.8, 4) is 5.69 Å². The summed E-state index contributed by atoms with van der Waals surface area (Å²) in [7, 11) is 1.97. The smallest absolute Gasteiger partial charge is 0.189 e. The molecule has 1 aliphatic heterocycles. The molecule has 2 heterocycles. The van der Waals surface area contributed by atoms with Crippen molar-refractivity contribution in [2.75, 3.05) is 26.7 Å². The van der Waals surface area contributed by atoms with Gasteiger partial charge in [0, 0.05) is 54.6 Å². The highest BCUT2D eigenvalue weighted by Gasteiger charge is 2.24. The van der Waals surface area contributed by atoms with Crippen LogP contribution >= 0.6 is 0 Å². The van der Waals surface area contributed by atoms with Crippen LogP contribution in [0.1, 0.15) is 11.6 Å². The molecule has 0 radical (unpaired) electrons.